The molecule has 6 nitrogen and oxygen atoms in total. The Morgan fingerprint density at radius 2 is 1.79 bits per heavy atom. The van der Waals surface area contributed by atoms with Gasteiger partial charge < -0.3 is 4.90 Å². The quantitative estimate of drug-likeness (QED) is 0.331. The van der Waals surface area contributed by atoms with Crippen molar-refractivity contribution < 1.29 is 9.18 Å². The number of carbonyl (C=O) groups excluding carboxylic acids is 1. The highest BCUT2D eigenvalue weighted by molar-refractivity contribution is 7.99. The highest BCUT2D eigenvalue weighted by Crippen LogP contribution is 2.41. The molecule has 0 unspecified atom stereocenters. The first kappa shape index (κ1) is 21.7. The van der Waals surface area contributed by atoms with Crippen molar-refractivity contribution in [2.24, 2.45) is 0 Å². The average Bonchev–Trinajstić information content (AvgIpc) is 3.47. The summed E-state index contributed by atoms with van der Waals surface area (Å²) < 4.78 is 17.6. The number of benzene rings is 2. The summed E-state index contributed by atoms with van der Waals surface area (Å²) in [4.78, 5) is 19.7. The predicted molar refractivity (Wildman–Crippen MR) is 133 cm³/mol. The second-order valence-corrected chi connectivity index (χ2v) is 10.9. The molecule has 174 valence electrons. The maximum absolute atomic E-state index is 14.4. The zero-order chi connectivity index (χ0) is 23.1. The fourth-order valence-electron chi connectivity index (χ4n) is 4.52. The van der Waals surface area contributed by atoms with E-state index in [1.54, 1.807) is 29.5 Å². The van der Waals surface area contributed by atoms with Crippen LogP contribution in [0.4, 0.5) is 4.39 Å². The van der Waals surface area contributed by atoms with Crippen molar-refractivity contribution in [1.29, 1.82) is 0 Å². The molecule has 0 radical (unpaired) electrons. The Balaban J connectivity index is 1.09. The number of aromatic nitrogens is 4. The first-order valence-corrected chi connectivity index (χ1v) is 13.4. The third-order valence-electron chi connectivity index (χ3n) is 6.52. The number of halogens is 1. The van der Waals surface area contributed by atoms with Gasteiger partial charge in [-0.2, -0.15) is 0 Å². The lowest BCUT2D eigenvalue weighted by Gasteiger charge is -2.31. The number of piperidine rings is 1. The molecule has 0 spiro atoms. The van der Waals surface area contributed by atoms with Crippen LogP contribution in [0.1, 0.15) is 42.7 Å². The van der Waals surface area contributed by atoms with E-state index in [0.717, 1.165) is 44.3 Å². The molecule has 9 heteroatoms. The average molecular weight is 494 g/mol. The lowest BCUT2D eigenvalue weighted by atomic mass is 9.97. The third-order valence-corrected chi connectivity index (χ3v) is 8.65. The van der Waals surface area contributed by atoms with Gasteiger partial charge in [-0.25, -0.2) is 9.37 Å². The van der Waals surface area contributed by atoms with Crippen molar-refractivity contribution in [2.75, 3.05) is 18.8 Å². The molecule has 2 fully saturated rings. The van der Waals surface area contributed by atoms with Crippen LogP contribution in [0.5, 0.6) is 0 Å². The van der Waals surface area contributed by atoms with E-state index in [0.29, 0.717) is 28.2 Å². The molecule has 6 rings (SSSR count). The molecular formula is C25H24FN5OS2. The van der Waals surface area contributed by atoms with E-state index in [2.05, 4.69) is 22.3 Å². The Morgan fingerprint density at radius 3 is 2.56 bits per heavy atom. The number of likely N-dealkylation sites (tertiary alicyclic amines) is 1. The topological polar surface area (TPSA) is 63.9 Å². The standard InChI is InChI=1S/C25H24FN5OS2/c26-19-6-2-1-5-18(19)23-28-29-25(31(23)17-9-10-17)33-15-22(32)30-13-11-16(12-14-30)24-27-20-7-3-4-8-21(20)34-24/h1-8,16-17H,9-15H2. The number of hydrogen-bond donors (Lipinski definition) is 0. The van der Waals surface area contributed by atoms with Crippen LogP contribution in [0.15, 0.2) is 53.7 Å². The maximum Gasteiger partial charge on any atom is 0.233 e. The molecule has 3 heterocycles. The van der Waals surface area contributed by atoms with Crippen LogP contribution in [-0.2, 0) is 4.79 Å². The van der Waals surface area contributed by atoms with Crippen molar-refractivity contribution in [1.82, 2.24) is 24.6 Å². The number of nitrogens with zero attached hydrogens (tertiary/aromatic N) is 5. The molecule has 1 saturated carbocycles. The Kier molecular flexibility index (Phi) is 5.82. The van der Waals surface area contributed by atoms with Gasteiger partial charge in [0.1, 0.15) is 5.82 Å². The fraction of sp³-hybridized carbons (Fsp3) is 0.360. The van der Waals surface area contributed by atoms with Gasteiger partial charge in [0.15, 0.2) is 11.0 Å². The summed E-state index contributed by atoms with van der Waals surface area (Å²) in [5.41, 5.74) is 1.52. The van der Waals surface area contributed by atoms with Gasteiger partial charge in [-0.3, -0.25) is 9.36 Å². The molecule has 2 aromatic carbocycles. The summed E-state index contributed by atoms with van der Waals surface area (Å²) in [6.07, 6.45) is 3.93. The van der Waals surface area contributed by atoms with Gasteiger partial charge in [-0.15, -0.1) is 21.5 Å². The van der Waals surface area contributed by atoms with Crippen LogP contribution in [0.25, 0.3) is 21.6 Å². The SMILES string of the molecule is O=C(CSc1nnc(-c2ccccc2F)n1C1CC1)N1CCC(c2nc3ccccc3s2)CC1. The van der Waals surface area contributed by atoms with E-state index in [-0.39, 0.29) is 17.8 Å². The molecule has 1 aliphatic heterocycles. The molecule has 0 N–H and O–H groups in total. The largest absolute Gasteiger partial charge is 0.342 e. The van der Waals surface area contributed by atoms with Crippen LogP contribution in [0, 0.1) is 5.82 Å². The van der Waals surface area contributed by atoms with Gasteiger partial charge in [0.25, 0.3) is 0 Å². The second kappa shape index (κ2) is 9.11. The highest BCUT2D eigenvalue weighted by atomic mass is 32.2. The Bertz CT molecular complexity index is 1310. The van der Waals surface area contributed by atoms with Crippen molar-refractivity contribution in [3.05, 3.63) is 59.4 Å². The fourth-order valence-corrected chi connectivity index (χ4v) is 6.57. The van der Waals surface area contributed by atoms with Gasteiger partial charge >= 0.3 is 0 Å². The first-order valence-electron chi connectivity index (χ1n) is 11.6. The zero-order valence-electron chi connectivity index (χ0n) is 18.6. The molecule has 34 heavy (non-hydrogen) atoms. The molecule has 2 aromatic heterocycles. The predicted octanol–water partition coefficient (Wildman–Crippen LogP) is 5.53. The van der Waals surface area contributed by atoms with Crippen LogP contribution in [0.3, 0.4) is 0 Å². The third kappa shape index (κ3) is 4.22. The molecule has 0 atom stereocenters. The minimum absolute atomic E-state index is 0.116. The van der Waals surface area contributed by atoms with Gasteiger partial charge in [0, 0.05) is 25.0 Å². The van der Waals surface area contributed by atoms with Gasteiger partial charge in [0.2, 0.25) is 5.91 Å². The molecule has 4 aromatic rings. The van der Waals surface area contributed by atoms with E-state index in [4.69, 9.17) is 4.98 Å². The number of carbonyl (C=O) groups is 1. The Labute approximate surface area is 205 Å². The van der Waals surface area contributed by atoms with Crippen LogP contribution in [0.2, 0.25) is 0 Å². The van der Waals surface area contributed by atoms with E-state index in [9.17, 15) is 9.18 Å². The minimum atomic E-state index is -0.305. The minimum Gasteiger partial charge on any atom is -0.342 e. The molecule has 1 saturated heterocycles. The van der Waals surface area contributed by atoms with Crippen LogP contribution >= 0.6 is 23.1 Å². The summed E-state index contributed by atoms with van der Waals surface area (Å²) in [7, 11) is 0. The van der Waals surface area contributed by atoms with E-state index in [1.165, 1.54) is 27.5 Å². The number of thiazole rings is 1. The Morgan fingerprint density at radius 1 is 1.03 bits per heavy atom. The van der Waals surface area contributed by atoms with E-state index < -0.39 is 0 Å². The lowest BCUT2D eigenvalue weighted by Crippen LogP contribution is -2.39. The smallest absolute Gasteiger partial charge is 0.233 e. The lowest BCUT2D eigenvalue weighted by molar-refractivity contribution is -0.129. The van der Waals surface area contributed by atoms with Crippen molar-refractivity contribution in [2.45, 2.75) is 42.8 Å². The molecule has 1 amide bonds. The number of thioether (sulfide) groups is 1. The molecule has 2 aliphatic rings. The van der Waals surface area contributed by atoms with Crippen molar-refractivity contribution >= 4 is 39.2 Å². The summed E-state index contributed by atoms with van der Waals surface area (Å²) in [5, 5.41) is 10.5. The summed E-state index contributed by atoms with van der Waals surface area (Å²) in [5.74, 6) is 1.09. The number of rotatable bonds is 6. The van der Waals surface area contributed by atoms with Gasteiger partial charge in [-0.1, -0.05) is 36.0 Å². The van der Waals surface area contributed by atoms with Crippen LogP contribution in [-0.4, -0.2) is 49.4 Å². The van der Waals surface area contributed by atoms with Gasteiger partial charge in [0.05, 0.1) is 26.5 Å². The van der Waals surface area contributed by atoms with Crippen molar-refractivity contribution in [3.8, 4) is 11.4 Å². The van der Waals surface area contributed by atoms with Gasteiger partial charge in [-0.05, 0) is 49.9 Å². The Hall–Kier alpha value is -2.78. The zero-order valence-corrected chi connectivity index (χ0v) is 20.2. The van der Waals surface area contributed by atoms with E-state index >= 15 is 0 Å². The normalized spacial score (nSPS) is 16.9. The summed E-state index contributed by atoms with van der Waals surface area (Å²) >= 11 is 3.17. The highest BCUT2D eigenvalue weighted by Gasteiger charge is 2.32. The molecular weight excluding hydrogens is 469 g/mol. The second-order valence-electron chi connectivity index (χ2n) is 8.85. The monoisotopic (exact) mass is 493 g/mol. The molecule has 0 bridgehead atoms. The molecule has 1 aliphatic carbocycles. The van der Waals surface area contributed by atoms with Crippen molar-refractivity contribution in [3.63, 3.8) is 0 Å². The first-order chi connectivity index (χ1) is 16.7. The number of para-hydroxylation sites is 1. The number of hydrogen-bond acceptors (Lipinski definition) is 6. The maximum atomic E-state index is 14.4. The number of fused-ring (bicyclic) bond motifs is 1. The van der Waals surface area contributed by atoms with Crippen LogP contribution < -0.4 is 0 Å². The summed E-state index contributed by atoms with van der Waals surface area (Å²) in [6, 6.07) is 15.2. The summed E-state index contributed by atoms with van der Waals surface area (Å²) in [6.45, 7) is 1.49. The number of amides is 1. The van der Waals surface area contributed by atoms with E-state index in [1.807, 2.05) is 21.6 Å².